The van der Waals surface area contributed by atoms with E-state index in [0.717, 1.165) is 27.2 Å². The second-order valence-corrected chi connectivity index (χ2v) is 7.33. The molecular formula is C18H16FN3OS2. The van der Waals surface area contributed by atoms with Crippen molar-refractivity contribution in [3.05, 3.63) is 59.4 Å². The number of aromatic nitrogens is 1. The van der Waals surface area contributed by atoms with E-state index in [4.69, 9.17) is 4.74 Å². The first kappa shape index (κ1) is 16.2. The SMILES string of the molecule is Cc1c(F)cccc1N1CCOc2cc(SNc3nccs3)ccc21. The van der Waals surface area contributed by atoms with E-state index in [1.807, 2.05) is 36.6 Å². The molecule has 3 aromatic rings. The maximum atomic E-state index is 13.9. The zero-order valence-corrected chi connectivity index (χ0v) is 15.2. The van der Waals surface area contributed by atoms with Gasteiger partial charge in [-0.25, -0.2) is 9.37 Å². The van der Waals surface area contributed by atoms with Crippen molar-refractivity contribution in [1.82, 2.24) is 4.98 Å². The largest absolute Gasteiger partial charge is 0.489 e. The van der Waals surface area contributed by atoms with Crippen molar-refractivity contribution in [2.75, 3.05) is 22.8 Å². The summed E-state index contributed by atoms with van der Waals surface area (Å²) in [6, 6.07) is 11.2. The minimum absolute atomic E-state index is 0.189. The number of ether oxygens (including phenoxy) is 1. The number of thiazole rings is 1. The summed E-state index contributed by atoms with van der Waals surface area (Å²) in [5.41, 5.74) is 2.49. The molecule has 7 heteroatoms. The van der Waals surface area contributed by atoms with Crippen LogP contribution in [0.1, 0.15) is 5.56 Å². The van der Waals surface area contributed by atoms with Gasteiger partial charge in [0, 0.05) is 27.7 Å². The van der Waals surface area contributed by atoms with E-state index in [1.165, 1.54) is 18.0 Å². The van der Waals surface area contributed by atoms with Crippen LogP contribution >= 0.6 is 23.3 Å². The zero-order chi connectivity index (χ0) is 17.2. The van der Waals surface area contributed by atoms with Crippen LogP contribution in [0, 0.1) is 12.7 Å². The molecule has 0 fully saturated rings. The average Bonchev–Trinajstić information content (AvgIpc) is 3.15. The highest BCUT2D eigenvalue weighted by atomic mass is 32.2. The van der Waals surface area contributed by atoms with Gasteiger partial charge in [0.05, 0.1) is 12.2 Å². The van der Waals surface area contributed by atoms with Gasteiger partial charge in [-0.1, -0.05) is 6.07 Å². The molecule has 1 N–H and O–H groups in total. The molecule has 0 spiro atoms. The van der Waals surface area contributed by atoms with Crippen LogP contribution in [0.4, 0.5) is 20.9 Å². The summed E-state index contributed by atoms with van der Waals surface area (Å²) in [5.74, 6) is 0.617. The Labute approximate surface area is 153 Å². The third kappa shape index (κ3) is 3.29. The molecule has 1 aliphatic heterocycles. The van der Waals surface area contributed by atoms with Gasteiger partial charge in [-0.3, -0.25) is 0 Å². The second kappa shape index (κ2) is 6.93. The number of rotatable bonds is 4. The first-order valence-electron chi connectivity index (χ1n) is 7.84. The van der Waals surface area contributed by atoms with Crippen LogP contribution < -0.4 is 14.4 Å². The molecule has 0 saturated carbocycles. The lowest BCUT2D eigenvalue weighted by atomic mass is 10.1. The van der Waals surface area contributed by atoms with Gasteiger partial charge in [0.1, 0.15) is 18.2 Å². The lowest BCUT2D eigenvalue weighted by Crippen LogP contribution is -2.29. The van der Waals surface area contributed by atoms with Gasteiger partial charge in [-0.05, 0) is 49.2 Å². The van der Waals surface area contributed by atoms with E-state index in [0.29, 0.717) is 18.7 Å². The fourth-order valence-corrected chi connectivity index (χ4v) is 4.03. The predicted molar refractivity (Wildman–Crippen MR) is 102 cm³/mol. The van der Waals surface area contributed by atoms with E-state index in [-0.39, 0.29) is 5.82 Å². The highest BCUT2D eigenvalue weighted by Crippen LogP contribution is 2.40. The van der Waals surface area contributed by atoms with Gasteiger partial charge in [0.2, 0.25) is 0 Å². The molecule has 25 heavy (non-hydrogen) atoms. The first-order chi connectivity index (χ1) is 12.2. The minimum atomic E-state index is -0.189. The molecule has 0 unspecified atom stereocenters. The molecule has 0 aliphatic carbocycles. The molecule has 1 aromatic heterocycles. The van der Waals surface area contributed by atoms with Crippen LogP contribution in [0.3, 0.4) is 0 Å². The number of halogens is 1. The van der Waals surface area contributed by atoms with Gasteiger partial charge in [-0.15, -0.1) is 11.3 Å². The molecule has 0 saturated heterocycles. The van der Waals surface area contributed by atoms with Crippen LogP contribution in [-0.4, -0.2) is 18.1 Å². The van der Waals surface area contributed by atoms with Crippen LogP contribution in [0.2, 0.25) is 0 Å². The van der Waals surface area contributed by atoms with Gasteiger partial charge >= 0.3 is 0 Å². The monoisotopic (exact) mass is 373 g/mol. The summed E-state index contributed by atoms with van der Waals surface area (Å²) in [6.07, 6.45) is 1.77. The fourth-order valence-electron chi connectivity index (χ4n) is 2.78. The topological polar surface area (TPSA) is 37.4 Å². The number of nitrogens with zero attached hydrogens (tertiary/aromatic N) is 2. The van der Waals surface area contributed by atoms with Crippen molar-refractivity contribution in [3.8, 4) is 5.75 Å². The van der Waals surface area contributed by atoms with Gasteiger partial charge < -0.3 is 14.4 Å². The van der Waals surface area contributed by atoms with Crippen LogP contribution in [0.25, 0.3) is 0 Å². The lowest BCUT2D eigenvalue weighted by molar-refractivity contribution is 0.313. The molecular weight excluding hydrogens is 357 g/mol. The van der Waals surface area contributed by atoms with Gasteiger partial charge in [0.15, 0.2) is 5.13 Å². The van der Waals surface area contributed by atoms with Crippen LogP contribution in [0.5, 0.6) is 5.75 Å². The van der Waals surface area contributed by atoms with Crippen LogP contribution in [-0.2, 0) is 0 Å². The number of nitrogens with one attached hydrogen (secondary N) is 1. The average molecular weight is 373 g/mol. The lowest BCUT2D eigenvalue weighted by Gasteiger charge is -2.32. The predicted octanol–water partition coefficient (Wildman–Crippen LogP) is 5.24. The van der Waals surface area contributed by atoms with Crippen molar-refractivity contribution in [3.63, 3.8) is 0 Å². The van der Waals surface area contributed by atoms with Crippen molar-refractivity contribution in [1.29, 1.82) is 0 Å². The molecule has 0 radical (unpaired) electrons. The van der Waals surface area contributed by atoms with E-state index < -0.39 is 0 Å². The zero-order valence-electron chi connectivity index (χ0n) is 13.5. The Morgan fingerprint density at radius 1 is 1.28 bits per heavy atom. The Hall–Kier alpha value is -2.25. The highest BCUT2D eigenvalue weighted by Gasteiger charge is 2.22. The fraction of sp³-hybridized carbons (Fsp3) is 0.167. The normalized spacial score (nSPS) is 13.3. The molecule has 4 rings (SSSR count). The van der Waals surface area contributed by atoms with Crippen molar-refractivity contribution in [2.24, 2.45) is 0 Å². The molecule has 2 heterocycles. The standard InChI is InChI=1S/C18H16FN3OS2/c1-12-14(19)3-2-4-15(12)22-8-9-23-17-11-13(5-6-16(17)22)25-21-18-20-7-10-24-18/h2-7,10-11H,8-9H2,1H3,(H,20,21). The molecule has 2 aromatic carbocycles. The maximum absolute atomic E-state index is 13.9. The molecule has 0 amide bonds. The Kier molecular flexibility index (Phi) is 4.50. The molecule has 0 bridgehead atoms. The third-order valence-electron chi connectivity index (χ3n) is 4.01. The summed E-state index contributed by atoms with van der Waals surface area (Å²) < 4.78 is 23.0. The van der Waals surface area contributed by atoms with Gasteiger partial charge in [0.25, 0.3) is 0 Å². The van der Waals surface area contributed by atoms with Crippen LogP contribution in [0.15, 0.2) is 52.9 Å². The van der Waals surface area contributed by atoms with E-state index >= 15 is 0 Å². The number of hydrogen-bond acceptors (Lipinski definition) is 6. The second-order valence-electron chi connectivity index (χ2n) is 5.55. The smallest absolute Gasteiger partial charge is 0.192 e. The Morgan fingerprint density at radius 3 is 3.04 bits per heavy atom. The van der Waals surface area contributed by atoms with Crippen molar-refractivity contribution < 1.29 is 9.13 Å². The van der Waals surface area contributed by atoms with E-state index in [2.05, 4.69) is 14.6 Å². The Morgan fingerprint density at radius 2 is 2.20 bits per heavy atom. The number of hydrogen-bond donors (Lipinski definition) is 1. The minimum Gasteiger partial charge on any atom is -0.489 e. The molecule has 128 valence electrons. The summed E-state index contributed by atoms with van der Waals surface area (Å²) in [7, 11) is 0. The summed E-state index contributed by atoms with van der Waals surface area (Å²) in [4.78, 5) is 7.35. The Balaban J connectivity index is 1.60. The van der Waals surface area contributed by atoms with E-state index in [1.54, 1.807) is 23.6 Å². The first-order valence-corrected chi connectivity index (χ1v) is 9.54. The molecule has 4 nitrogen and oxygen atoms in total. The van der Waals surface area contributed by atoms with Crippen molar-refractivity contribution in [2.45, 2.75) is 11.8 Å². The van der Waals surface area contributed by atoms with Gasteiger partial charge in [-0.2, -0.15) is 0 Å². The molecule has 1 aliphatic rings. The summed E-state index contributed by atoms with van der Waals surface area (Å²) >= 11 is 3.05. The third-order valence-corrected chi connectivity index (χ3v) is 5.62. The van der Waals surface area contributed by atoms with Crippen molar-refractivity contribution >= 4 is 39.8 Å². The number of fused-ring (bicyclic) bond motifs is 1. The Bertz CT molecular complexity index is 886. The molecule has 0 atom stereocenters. The summed E-state index contributed by atoms with van der Waals surface area (Å²) in [5, 5.41) is 2.79. The quantitative estimate of drug-likeness (QED) is 0.633. The summed E-state index contributed by atoms with van der Waals surface area (Å²) in [6.45, 7) is 3.07. The maximum Gasteiger partial charge on any atom is 0.192 e. The number of benzene rings is 2. The van der Waals surface area contributed by atoms with E-state index in [9.17, 15) is 4.39 Å². The number of anilines is 3. The highest BCUT2D eigenvalue weighted by molar-refractivity contribution is 8.00.